The van der Waals surface area contributed by atoms with Crippen molar-refractivity contribution in [3.05, 3.63) is 80.1 Å². The van der Waals surface area contributed by atoms with Crippen molar-refractivity contribution in [3.8, 4) is 0 Å². The van der Waals surface area contributed by atoms with Gasteiger partial charge in [0.15, 0.2) is 9.84 Å². The van der Waals surface area contributed by atoms with Gasteiger partial charge in [-0.25, -0.2) is 8.42 Å². The highest BCUT2D eigenvalue weighted by Crippen LogP contribution is 2.37. The lowest BCUT2D eigenvalue weighted by Gasteiger charge is -2.36. The molecule has 0 bridgehead atoms. The highest BCUT2D eigenvalue weighted by Gasteiger charge is 2.32. The molecule has 4 heterocycles. The summed E-state index contributed by atoms with van der Waals surface area (Å²) in [5.74, 6) is -0.674. The summed E-state index contributed by atoms with van der Waals surface area (Å²) in [7, 11) is -3.80. The molecule has 3 aromatic rings. The average Bonchev–Trinajstić information content (AvgIpc) is 3.69. The van der Waals surface area contributed by atoms with Gasteiger partial charge in [-0.3, -0.25) is 9.59 Å². The molecule has 11 heteroatoms. The molecule has 3 aliphatic rings. The molecule has 6 rings (SSSR count). The number of aromatic amines is 1. The number of benzene rings is 2. The first-order valence-electron chi connectivity index (χ1n) is 14.6. The molecule has 8 nitrogen and oxygen atoms in total. The fraction of sp³-hybridized carbons (Fsp3) is 0.375. The second kappa shape index (κ2) is 11.8. The Kier molecular flexibility index (Phi) is 8.19. The van der Waals surface area contributed by atoms with Crippen molar-refractivity contribution in [3.63, 3.8) is 0 Å². The summed E-state index contributed by atoms with van der Waals surface area (Å²) in [5.41, 5.74) is 4.49. The average molecular weight is 642 g/mol. The molecule has 0 aliphatic carbocycles. The van der Waals surface area contributed by atoms with Crippen LogP contribution in [-0.2, 0) is 20.4 Å². The predicted octanol–water partition coefficient (Wildman–Crippen LogP) is 6.11. The lowest BCUT2D eigenvalue weighted by molar-refractivity contribution is -0.110. The monoisotopic (exact) mass is 640 g/mol. The maximum atomic E-state index is 13.6. The van der Waals surface area contributed by atoms with Crippen molar-refractivity contribution >= 4 is 62.2 Å². The van der Waals surface area contributed by atoms with E-state index in [2.05, 4.69) is 15.2 Å². The van der Waals surface area contributed by atoms with Gasteiger partial charge in [-0.1, -0.05) is 23.2 Å². The Hall–Kier alpha value is -3.11. The number of sulfone groups is 1. The van der Waals surface area contributed by atoms with Crippen molar-refractivity contribution in [2.24, 2.45) is 0 Å². The van der Waals surface area contributed by atoms with Gasteiger partial charge in [0.25, 0.3) is 11.8 Å². The Morgan fingerprint density at radius 3 is 2.47 bits per heavy atom. The normalized spacial score (nSPS) is 18.8. The summed E-state index contributed by atoms with van der Waals surface area (Å²) in [4.78, 5) is 34.5. The van der Waals surface area contributed by atoms with Gasteiger partial charge in [-0.15, -0.1) is 0 Å². The standard InChI is InChI=1S/C32H34Cl2N4O4S/c1-19-29(35-20(2)30(19)32(40)38-13-9-23(10-14-38)37-11-3-4-12-37)17-26-25-16-24(6-8-28(25)36-31(26)39)43(41,42)18-21-15-22(33)5-7-27(21)34/h5-8,15-17,23,35H,3-4,9-14,18H2,1-2H3,(H,36,39)/b26-17-. The van der Waals surface area contributed by atoms with Crippen LogP contribution >= 0.6 is 23.2 Å². The number of H-pyrrole nitrogens is 1. The van der Waals surface area contributed by atoms with Crippen LogP contribution in [0.15, 0.2) is 41.3 Å². The number of rotatable bonds is 6. The number of nitrogens with zero attached hydrogens (tertiary/aromatic N) is 2. The van der Waals surface area contributed by atoms with Gasteiger partial charge < -0.3 is 20.1 Å². The van der Waals surface area contributed by atoms with E-state index in [4.69, 9.17) is 23.2 Å². The van der Waals surface area contributed by atoms with Crippen LogP contribution in [0.4, 0.5) is 5.69 Å². The van der Waals surface area contributed by atoms with Crippen molar-refractivity contribution in [1.29, 1.82) is 0 Å². The quantitative estimate of drug-likeness (QED) is 0.317. The van der Waals surface area contributed by atoms with Crippen molar-refractivity contribution in [2.45, 2.75) is 56.2 Å². The maximum Gasteiger partial charge on any atom is 0.256 e. The van der Waals surface area contributed by atoms with E-state index in [0.717, 1.165) is 50.3 Å². The molecule has 2 N–H and O–H groups in total. The number of hydrogen-bond acceptors (Lipinski definition) is 5. The van der Waals surface area contributed by atoms with E-state index in [1.165, 1.54) is 31.0 Å². The van der Waals surface area contributed by atoms with Crippen LogP contribution in [0, 0.1) is 13.8 Å². The molecule has 0 radical (unpaired) electrons. The Morgan fingerprint density at radius 2 is 1.74 bits per heavy atom. The van der Waals surface area contributed by atoms with E-state index in [9.17, 15) is 18.0 Å². The molecule has 2 amide bonds. The van der Waals surface area contributed by atoms with E-state index < -0.39 is 9.84 Å². The number of piperidine rings is 1. The minimum Gasteiger partial charge on any atom is -0.358 e. The zero-order valence-electron chi connectivity index (χ0n) is 24.2. The summed E-state index contributed by atoms with van der Waals surface area (Å²) < 4.78 is 26.7. The summed E-state index contributed by atoms with van der Waals surface area (Å²) >= 11 is 12.3. The van der Waals surface area contributed by atoms with E-state index in [-0.39, 0.29) is 22.5 Å². The van der Waals surface area contributed by atoms with Gasteiger partial charge in [0.2, 0.25) is 0 Å². The first-order chi connectivity index (χ1) is 20.5. The molecule has 1 aromatic heterocycles. The summed E-state index contributed by atoms with van der Waals surface area (Å²) in [6, 6.07) is 9.83. The molecule has 2 fully saturated rings. The Bertz CT molecular complexity index is 1750. The van der Waals surface area contributed by atoms with Gasteiger partial charge in [0.05, 0.1) is 21.8 Å². The van der Waals surface area contributed by atoms with Gasteiger partial charge in [0.1, 0.15) is 0 Å². The number of carbonyl (C=O) groups excluding carboxylic acids is 2. The van der Waals surface area contributed by atoms with E-state index in [1.807, 2.05) is 18.7 Å². The van der Waals surface area contributed by atoms with Crippen LogP contribution < -0.4 is 5.32 Å². The number of anilines is 1. The number of halogens is 2. The van der Waals surface area contributed by atoms with E-state index in [0.29, 0.717) is 49.7 Å². The van der Waals surface area contributed by atoms with Crippen LogP contribution in [0.25, 0.3) is 11.6 Å². The molecular weight excluding hydrogens is 607 g/mol. The number of aromatic nitrogens is 1. The van der Waals surface area contributed by atoms with Crippen LogP contribution in [0.5, 0.6) is 0 Å². The molecule has 0 saturated carbocycles. The molecule has 2 aromatic carbocycles. The van der Waals surface area contributed by atoms with E-state index in [1.54, 1.807) is 24.3 Å². The number of fused-ring (bicyclic) bond motifs is 1. The molecule has 0 unspecified atom stereocenters. The largest absolute Gasteiger partial charge is 0.358 e. The van der Waals surface area contributed by atoms with Crippen LogP contribution in [-0.4, -0.2) is 67.2 Å². The van der Waals surface area contributed by atoms with Crippen LogP contribution in [0.2, 0.25) is 10.0 Å². The minimum atomic E-state index is -3.80. The third-order valence-corrected chi connectivity index (χ3v) is 11.1. The Morgan fingerprint density at radius 1 is 1.02 bits per heavy atom. The molecular formula is C32H34Cl2N4O4S. The number of amides is 2. The van der Waals surface area contributed by atoms with Crippen LogP contribution in [0.3, 0.4) is 0 Å². The first-order valence-corrected chi connectivity index (χ1v) is 17.0. The highest BCUT2D eigenvalue weighted by atomic mass is 35.5. The second-order valence-corrected chi connectivity index (χ2v) is 14.5. The van der Waals surface area contributed by atoms with Crippen molar-refractivity contribution in [2.75, 3.05) is 31.5 Å². The lowest BCUT2D eigenvalue weighted by Crippen LogP contribution is -2.46. The molecule has 0 atom stereocenters. The molecule has 43 heavy (non-hydrogen) atoms. The first kappa shape index (κ1) is 29.9. The number of nitrogens with one attached hydrogen (secondary N) is 2. The summed E-state index contributed by atoms with van der Waals surface area (Å²) in [6.45, 7) is 7.53. The van der Waals surface area contributed by atoms with Gasteiger partial charge >= 0.3 is 0 Å². The third kappa shape index (κ3) is 5.88. The zero-order valence-corrected chi connectivity index (χ0v) is 26.5. The lowest BCUT2D eigenvalue weighted by atomic mass is 10.0. The number of hydrogen-bond donors (Lipinski definition) is 2. The van der Waals surface area contributed by atoms with Crippen LogP contribution in [0.1, 0.15) is 64.1 Å². The van der Waals surface area contributed by atoms with Gasteiger partial charge in [-0.2, -0.15) is 0 Å². The molecule has 3 aliphatic heterocycles. The number of carbonyl (C=O) groups is 2. The highest BCUT2D eigenvalue weighted by molar-refractivity contribution is 7.90. The zero-order chi connectivity index (χ0) is 30.5. The molecule has 226 valence electrons. The third-order valence-electron chi connectivity index (χ3n) is 8.87. The number of aryl methyl sites for hydroxylation is 1. The van der Waals surface area contributed by atoms with Crippen molar-refractivity contribution < 1.29 is 18.0 Å². The summed E-state index contributed by atoms with van der Waals surface area (Å²) in [5, 5.41) is 3.53. The molecule has 2 saturated heterocycles. The van der Waals surface area contributed by atoms with Crippen molar-refractivity contribution in [1.82, 2.24) is 14.8 Å². The smallest absolute Gasteiger partial charge is 0.256 e. The fourth-order valence-corrected chi connectivity index (χ4v) is 8.37. The fourth-order valence-electron chi connectivity index (χ4n) is 6.53. The number of likely N-dealkylation sites (tertiary alicyclic amines) is 2. The van der Waals surface area contributed by atoms with Gasteiger partial charge in [0, 0.05) is 51.8 Å². The van der Waals surface area contributed by atoms with Gasteiger partial charge in [-0.05, 0) is 106 Å². The summed E-state index contributed by atoms with van der Waals surface area (Å²) in [6.07, 6.45) is 6.19. The molecule has 0 spiro atoms. The predicted molar refractivity (Wildman–Crippen MR) is 170 cm³/mol. The Labute approximate surface area is 262 Å². The SMILES string of the molecule is Cc1[nH]c(/C=C2\C(=O)Nc3ccc(S(=O)(=O)Cc4cc(Cl)ccc4Cl)cc32)c(C)c1C(=O)N1CCC(N2CCCC2)CC1. The minimum absolute atomic E-state index is 0.0000938. The van der Waals surface area contributed by atoms with E-state index >= 15 is 0 Å². The topological polar surface area (TPSA) is 103 Å². The maximum absolute atomic E-state index is 13.6. The second-order valence-electron chi connectivity index (χ2n) is 11.6. The Balaban J connectivity index is 1.25.